The molecule has 2 rings (SSSR count). The van der Waals surface area contributed by atoms with Gasteiger partial charge in [0.1, 0.15) is 11.8 Å². The molecule has 0 bridgehead atoms. The van der Waals surface area contributed by atoms with Crippen molar-refractivity contribution in [1.82, 2.24) is 10.2 Å². The van der Waals surface area contributed by atoms with E-state index in [0.29, 0.717) is 17.3 Å². The molecular weight excluding hydrogens is 376 g/mol. The van der Waals surface area contributed by atoms with Gasteiger partial charge in [0.2, 0.25) is 5.91 Å². The van der Waals surface area contributed by atoms with E-state index >= 15 is 0 Å². The van der Waals surface area contributed by atoms with Gasteiger partial charge in [-0.1, -0.05) is 41.4 Å². The molecule has 2 aromatic carbocycles. The van der Waals surface area contributed by atoms with E-state index in [1.807, 2.05) is 45.0 Å². The van der Waals surface area contributed by atoms with Crippen LogP contribution in [0.15, 0.2) is 36.4 Å². The summed E-state index contributed by atoms with van der Waals surface area (Å²) in [6.07, 6.45) is 0. The zero-order valence-electron chi connectivity index (χ0n) is 17.0. The predicted molar refractivity (Wildman–Crippen MR) is 112 cm³/mol. The van der Waals surface area contributed by atoms with E-state index in [1.54, 1.807) is 26.1 Å². The number of nitrogens with zero attached hydrogens (tertiary/aromatic N) is 1. The Kier molecular flexibility index (Phi) is 7.46. The van der Waals surface area contributed by atoms with Crippen molar-refractivity contribution >= 4 is 23.4 Å². The maximum Gasteiger partial charge on any atom is 0.261 e. The van der Waals surface area contributed by atoms with Gasteiger partial charge < -0.3 is 15.0 Å². The summed E-state index contributed by atoms with van der Waals surface area (Å²) >= 11 is 6.18. The van der Waals surface area contributed by atoms with Crippen LogP contribution in [0.4, 0.5) is 0 Å². The lowest BCUT2D eigenvalue weighted by Gasteiger charge is -2.28. The first-order valence-electron chi connectivity index (χ1n) is 9.19. The van der Waals surface area contributed by atoms with Crippen molar-refractivity contribution in [2.45, 2.75) is 40.3 Å². The summed E-state index contributed by atoms with van der Waals surface area (Å²) in [5, 5.41) is 3.29. The number of hydrogen-bond acceptors (Lipinski definition) is 3. The molecule has 6 heteroatoms. The fourth-order valence-electron chi connectivity index (χ4n) is 3.02. The second kappa shape index (κ2) is 9.60. The highest BCUT2D eigenvalue weighted by Gasteiger charge is 2.26. The van der Waals surface area contributed by atoms with Crippen LogP contribution in [0.25, 0.3) is 0 Å². The first-order valence-corrected chi connectivity index (χ1v) is 9.57. The molecule has 1 unspecified atom stereocenters. The molecule has 5 nitrogen and oxygen atoms in total. The Hall–Kier alpha value is -2.53. The van der Waals surface area contributed by atoms with Crippen LogP contribution in [-0.4, -0.2) is 36.4 Å². The Morgan fingerprint density at radius 3 is 2.36 bits per heavy atom. The van der Waals surface area contributed by atoms with E-state index < -0.39 is 6.04 Å². The highest BCUT2D eigenvalue weighted by Crippen LogP contribution is 2.26. The zero-order valence-corrected chi connectivity index (χ0v) is 17.8. The third-order valence-electron chi connectivity index (χ3n) is 4.62. The van der Waals surface area contributed by atoms with Crippen molar-refractivity contribution in [3.05, 3.63) is 63.7 Å². The number of hydrogen-bond donors (Lipinski definition) is 1. The third-order valence-corrected chi connectivity index (χ3v) is 5.22. The maximum atomic E-state index is 12.9. The van der Waals surface area contributed by atoms with Crippen molar-refractivity contribution in [3.63, 3.8) is 0 Å². The molecule has 0 heterocycles. The summed E-state index contributed by atoms with van der Waals surface area (Å²) in [5.41, 5.74) is 3.84. The number of amides is 2. The third kappa shape index (κ3) is 5.49. The Morgan fingerprint density at radius 2 is 1.79 bits per heavy atom. The van der Waals surface area contributed by atoms with Gasteiger partial charge in [-0.3, -0.25) is 9.59 Å². The van der Waals surface area contributed by atoms with Crippen molar-refractivity contribution < 1.29 is 14.3 Å². The van der Waals surface area contributed by atoms with Crippen LogP contribution in [0.3, 0.4) is 0 Å². The zero-order chi connectivity index (χ0) is 20.8. The average Bonchev–Trinajstić information content (AvgIpc) is 2.67. The Labute approximate surface area is 171 Å². The molecule has 0 saturated carbocycles. The maximum absolute atomic E-state index is 12.9. The lowest BCUT2D eigenvalue weighted by molar-refractivity contribution is -0.142. The monoisotopic (exact) mass is 402 g/mol. The number of carbonyl (C=O) groups excluding carboxylic acids is 2. The van der Waals surface area contributed by atoms with Gasteiger partial charge in [-0.05, 0) is 56.5 Å². The highest BCUT2D eigenvalue weighted by atomic mass is 35.5. The summed E-state index contributed by atoms with van der Waals surface area (Å²) in [7, 11) is 1.56. The number of likely N-dealkylation sites (N-methyl/N-ethyl adjacent to an activating group) is 1. The largest absolute Gasteiger partial charge is 0.484 e. The first-order chi connectivity index (χ1) is 13.2. The second-order valence-electron chi connectivity index (χ2n) is 6.96. The van der Waals surface area contributed by atoms with Crippen LogP contribution in [0.1, 0.15) is 29.2 Å². The number of halogens is 1. The summed E-state index contributed by atoms with van der Waals surface area (Å²) in [6, 6.07) is 10.9. The quantitative estimate of drug-likeness (QED) is 0.766. The van der Waals surface area contributed by atoms with Crippen molar-refractivity contribution in [3.8, 4) is 5.75 Å². The Morgan fingerprint density at radius 1 is 1.14 bits per heavy atom. The van der Waals surface area contributed by atoms with Crippen LogP contribution in [0, 0.1) is 20.8 Å². The number of carbonyl (C=O) groups is 2. The molecule has 0 aliphatic rings. The van der Waals surface area contributed by atoms with Gasteiger partial charge in [-0.25, -0.2) is 0 Å². The SMILES string of the molecule is CNC(=O)C(C)N(Cc1cccc(C)c1)C(=O)COc1cc(C)c(Cl)c(C)c1. The second-order valence-corrected chi connectivity index (χ2v) is 7.34. The molecule has 2 amide bonds. The number of rotatable bonds is 7. The van der Waals surface area contributed by atoms with Gasteiger partial charge in [-0.15, -0.1) is 0 Å². The normalized spacial score (nSPS) is 11.6. The molecular formula is C22H27ClN2O3. The smallest absolute Gasteiger partial charge is 0.261 e. The van der Waals surface area contributed by atoms with Gasteiger partial charge in [0, 0.05) is 18.6 Å². The minimum Gasteiger partial charge on any atom is -0.484 e. The lowest BCUT2D eigenvalue weighted by atomic mass is 10.1. The molecule has 0 aromatic heterocycles. The summed E-state index contributed by atoms with van der Waals surface area (Å²) in [6.45, 7) is 7.66. The Balaban J connectivity index is 2.17. The molecule has 0 fully saturated rings. The summed E-state index contributed by atoms with van der Waals surface area (Å²) in [4.78, 5) is 26.6. The van der Waals surface area contributed by atoms with Crippen LogP contribution >= 0.6 is 11.6 Å². The minimum atomic E-state index is -0.615. The van der Waals surface area contributed by atoms with Crippen LogP contribution < -0.4 is 10.1 Å². The van der Waals surface area contributed by atoms with Crippen LogP contribution in [-0.2, 0) is 16.1 Å². The van der Waals surface area contributed by atoms with E-state index in [2.05, 4.69) is 5.32 Å². The molecule has 0 saturated heterocycles. The fourth-order valence-corrected chi connectivity index (χ4v) is 3.13. The summed E-state index contributed by atoms with van der Waals surface area (Å²) in [5.74, 6) is 0.0953. The average molecular weight is 403 g/mol. The molecule has 0 radical (unpaired) electrons. The summed E-state index contributed by atoms with van der Waals surface area (Å²) < 4.78 is 5.71. The van der Waals surface area contributed by atoms with E-state index in [-0.39, 0.29) is 18.4 Å². The minimum absolute atomic E-state index is 0.159. The van der Waals surface area contributed by atoms with Crippen molar-refractivity contribution in [2.75, 3.05) is 13.7 Å². The highest BCUT2D eigenvalue weighted by molar-refractivity contribution is 6.32. The number of nitrogens with one attached hydrogen (secondary N) is 1. The molecule has 1 atom stereocenters. The van der Waals surface area contributed by atoms with E-state index in [9.17, 15) is 9.59 Å². The fraction of sp³-hybridized carbons (Fsp3) is 0.364. The molecule has 0 aliphatic heterocycles. The van der Waals surface area contributed by atoms with Crippen molar-refractivity contribution in [1.29, 1.82) is 0 Å². The molecule has 1 N–H and O–H groups in total. The van der Waals surface area contributed by atoms with E-state index in [1.165, 1.54) is 4.90 Å². The molecule has 2 aromatic rings. The van der Waals surface area contributed by atoms with Gasteiger partial charge >= 0.3 is 0 Å². The van der Waals surface area contributed by atoms with Gasteiger partial charge in [0.25, 0.3) is 5.91 Å². The van der Waals surface area contributed by atoms with Gasteiger partial charge in [-0.2, -0.15) is 0 Å². The topological polar surface area (TPSA) is 58.6 Å². The van der Waals surface area contributed by atoms with Gasteiger partial charge in [0.15, 0.2) is 6.61 Å². The standard InChI is InChI=1S/C22H27ClN2O3/c1-14-7-6-8-18(9-14)12-25(17(4)22(27)24-5)20(26)13-28-19-10-15(2)21(23)16(3)11-19/h6-11,17H,12-13H2,1-5H3,(H,24,27). The van der Waals surface area contributed by atoms with E-state index in [0.717, 1.165) is 22.3 Å². The van der Waals surface area contributed by atoms with Crippen LogP contribution in [0.5, 0.6) is 5.75 Å². The van der Waals surface area contributed by atoms with Gasteiger partial charge in [0.05, 0.1) is 0 Å². The number of aryl methyl sites for hydroxylation is 3. The van der Waals surface area contributed by atoms with Crippen molar-refractivity contribution in [2.24, 2.45) is 0 Å². The molecule has 150 valence electrons. The van der Waals surface area contributed by atoms with Crippen LogP contribution in [0.2, 0.25) is 5.02 Å². The molecule has 0 spiro atoms. The molecule has 28 heavy (non-hydrogen) atoms. The lowest BCUT2D eigenvalue weighted by Crippen LogP contribution is -2.48. The first kappa shape index (κ1) is 21.8. The predicted octanol–water partition coefficient (Wildman–Crippen LogP) is 3.81. The van der Waals surface area contributed by atoms with E-state index in [4.69, 9.17) is 16.3 Å². The number of benzene rings is 2. The molecule has 0 aliphatic carbocycles. The number of ether oxygens (including phenoxy) is 1. The Bertz CT molecular complexity index is 844.